The van der Waals surface area contributed by atoms with E-state index in [2.05, 4.69) is 26.1 Å². The van der Waals surface area contributed by atoms with E-state index in [1.807, 2.05) is 16.3 Å². The molecule has 0 bridgehead atoms. The molecule has 0 atom stereocenters. The Morgan fingerprint density at radius 2 is 2.06 bits per heavy atom. The normalized spacial score (nSPS) is 21.9. The summed E-state index contributed by atoms with van der Waals surface area (Å²) in [4.78, 5) is 16.7. The molecule has 0 aliphatic carbocycles. The maximum atomic E-state index is 12.3. The van der Waals surface area contributed by atoms with Crippen LogP contribution < -0.4 is 5.32 Å². The molecule has 0 spiro atoms. The van der Waals surface area contributed by atoms with Crippen molar-refractivity contribution in [2.45, 2.75) is 6.04 Å². The molecule has 1 amide bonds. The third-order valence-corrected chi connectivity index (χ3v) is 5.20. The first-order valence-corrected chi connectivity index (χ1v) is 7.89. The standard InChI is InChI=1S/C12H16BrN3OS/c13-11-5-9(8-18-11)12(17)16-3-1-15(2-4-16)10-6-14-7-10/h5,8,10,14H,1-4,6-7H2. The number of amides is 1. The topological polar surface area (TPSA) is 35.6 Å². The minimum absolute atomic E-state index is 0.170. The van der Waals surface area contributed by atoms with Gasteiger partial charge in [0, 0.05) is 50.7 Å². The monoisotopic (exact) mass is 329 g/mol. The second-order valence-corrected chi connectivity index (χ2v) is 7.07. The molecule has 1 aromatic heterocycles. The largest absolute Gasteiger partial charge is 0.336 e. The van der Waals surface area contributed by atoms with Gasteiger partial charge in [-0.2, -0.15) is 0 Å². The zero-order valence-corrected chi connectivity index (χ0v) is 12.5. The zero-order valence-electron chi connectivity index (χ0n) is 10.1. The highest BCUT2D eigenvalue weighted by molar-refractivity contribution is 9.11. The van der Waals surface area contributed by atoms with E-state index in [-0.39, 0.29) is 5.91 Å². The fourth-order valence-corrected chi connectivity index (χ4v) is 3.56. The maximum absolute atomic E-state index is 12.3. The average molecular weight is 330 g/mol. The number of halogens is 1. The van der Waals surface area contributed by atoms with E-state index in [0.717, 1.165) is 48.6 Å². The van der Waals surface area contributed by atoms with Crippen LogP contribution in [0.4, 0.5) is 0 Å². The Morgan fingerprint density at radius 1 is 1.33 bits per heavy atom. The van der Waals surface area contributed by atoms with Gasteiger partial charge in [0.15, 0.2) is 0 Å². The number of carbonyl (C=O) groups excluding carboxylic acids is 1. The number of nitrogens with one attached hydrogen (secondary N) is 1. The van der Waals surface area contributed by atoms with Crippen molar-refractivity contribution in [2.24, 2.45) is 0 Å². The number of hydrogen-bond acceptors (Lipinski definition) is 4. The average Bonchev–Trinajstić information content (AvgIpc) is 2.74. The highest BCUT2D eigenvalue weighted by Crippen LogP contribution is 2.22. The van der Waals surface area contributed by atoms with E-state index in [4.69, 9.17) is 0 Å². The highest BCUT2D eigenvalue weighted by atomic mass is 79.9. The van der Waals surface area contributed by atoms with Gasteiger partial charge < -0.3 is 10.2 Å². The van der Waals surface area contributed by atoms with Crippen molar-refractivity contribution < 1.29 is 4.79 Å². The quantitative estimate of drug-likeness (QED) is 0.886. The van der Waals surface area contributed by atoms with Crippen molar-refractivity contribution in [1.82, 2.24) is 15.1 Å². The number of nitrogens with zero attached hydrogens (tertiary/aromatic N) is 2. The molecule has 18 heavy (non-hydrogen) atoms. The van der Waals surface area contributed by atoms with Crippen LogP contribution in [0.1, 0.15) is 10.4 Å². The molecular weight excluding hydrogens is 314 g/mol. The third kappa shape index (κ3) is 2.47. The Morgan fingerprint density at radius 3 is 2.56 bits per heavy atom. The lowest BCUT2D eigenvalue weighted by Gasteiger charge is -2.43. The molecule has 2 aliphatic heterocycles. The van der Waals surface area contributed by atoms with Gasteiger partial charge in [-0.15, -0.1) is 11.3 Å². The van der Waals surface area contributed by atoms with Gasteiger partial charge in [-0.1, -0.05) is 0 Å². The Bertz CT molecular complexity index is 438. The molecule has 3 rings (SSSR count). The van der Waals surface area contributed by atoms with Crippen molar-refractivity contribution >= 4 is 33.2 Å². The van der Waals surface area contributed by atoms with Gasteiger partial charge in [0.2, 0.25) is 0 Å². The van der Waals surface area contributed by atoms with Crippen molar-refractivity contribution in [3.63, 3.8) is 0 Å². The Labute approximate surface area is 119 Å². The summed E-state index contributed by atoms with van der Waals surface area (Å²) in [5, 5.41) is 5.22. The van der Waals surface area contributed by atoms with Gasteiger partial charge in [0.1, 0.15) is 0 Å². The number of thiophene rings is 1. The molecule has 6 heteroatoms. The molecule has 2 fully saturated rings. The lowest BCUT2D eigenvalue weighted by atomic mass is 10.1. The summed E-state index contributed by atoms with van der Waals surface area (Å²) in [5.74, 6) is 0.170. The van der Waals surface area contributed by atoms with Crippen LogP contribution in [0.3, 0.4) is 0 Å². The molecule has 98 valence electrons. The highest BCUT2D eigenvalue weighted by Gasteiger charge is 2.29. The molecule has 0 unspecified atom stereocenters. The van der Waals surface area contributed by atoms with Gasteiger partial charge in [0.05, 0.1) is 9.35 Å². The maximum Gasteiger partial charge on any atom is 0.254 e. The summed E-state index contributed by atoms with van der Waals surface area (Å²) >= 11 is 4.97. The van der Waals surface area contributed by atoms with Crippen LogP contribution in [-0.4, -0.2) is 61.0 Å². The van der Waals surface area contributed by atoms with E-state index >= 15 is 0 Å². The van der Waals surface area contributed by atoms with E-state index < -0.39 is 0 Å². The molecule has 0 radical (unpaired) electrons. The molecular formula is C12H16BrN3OS. The molecule has 2 aliphatic rings. The third-order valence-electron chi connectivity index (χ3n) is 3.69. The SMILES string of the molecule is O=C(c1csc(Br)c1)N1CCN(C2CNC2)CC1. The van der Waals surface area contributed by atoms with E-state index in [9.17, 15) is 4.79 Å². The minimum atomic E-state index is 0.170. The molecule has 4 nitrogen and oxygen atoms in total. The lowest BCUT2D eigenvalue weighted by molar-refractivity contribution is 0.0502. The summed E-state index contributed by atoms with van der Waals surface area (Å²) in [7, 11) is 0. The first kappa shape index (κ1) is 12.6. The lowest BCUT2D eigenvalue weighted by Crippen LogP contribution is -2.62. The zero-order chi connectivity index (χ0) is 12.5. The Balaban J connectivity index is 1.57. The summed E-state index contributed by atoms with van der Waals surface area (Å²) < 4.78 is 1.02. The van der Waals surface area contributed by atoms with Crippen LogP contribution in [0.5, 0.6) is 0 Å². The van der Waals surface area contributed by atoms with Crippen LogP contribution in [0.2, 0.25) is 0 Å². The number of rotatable bonds is 2. The van der Waals surface area contributed by atoms with Crippen molar-refractivity contribution in [1.29, 1.82) is 0 Å². The molecule has 2 saturated heterocycles. The van der Waals surface area contributed by atoms with Crippen LogP contribution in [0, 0.1) is 0 Å². The second-order valence-electron chi connectivity index (χ2n) is 4.78. The van der Waals surface area contributed by atoms with Crippen molar-refractivity contribution in [2.75, 3.05) is 39.3 Å². The van der Waals surface area contributed by atoms with Crippen LogP contribution >= 0.6 is 27.3 Å². The summed E-state index contributed by atoms with van der Waals surface area (Å²) in [5.41, 5.74) is 0.811. The van der Waals surface area contributed by atoms with Gasteiger partial charge >= 0.3 is 0 Å². The Hall–Kier alpha value is -0.430. The molecule has 0 saturated carbocycles. The van der Waals surface area contributed by atoms with Gasteiger partial charge in [-0.05, 0) is 22.0 Å². The van der Waals surface area contributed by atoms with Crippen LogP contribution in [-0.2, 0) is 0 Å². The van der Waals surface area contributed by atoms with E-state index in [1.165, 1.54) is 0 Å². The predicted molar refractivity (Wildman–Crippen MR) is 76.2 cm³/mol. The summed E-state index contributed by atoms with van der Waals surface area (Å²) in [6.07, 6.45) is 0. The fraction of sp³-hybridized carbons (Fsp3) is 0.583. The predicted octanol–water partition coefficient (Wildman–Crippen LogP) is 1.24. The van der Waals surface area contributed by atoms with Crippen LogP contribution in [0.25, 0.3) is 0 Å². The number of hydrogen-bond donors (Lipinski definition) is 1. The van der Waals surface area contributed by atoms with Gasteiger partial charge in [-0.3, -0.25) is 9.69 Å². The number of piperazine rings is 1. The number of carbonyl (C=O) groups is 1. The molecule has 0 aromatic carbocycles. The first-order chi connectivity index (χ1) is 8.74. The summed E-state index contributed by atoms with van der Waals surface area (Å²) in [6, 6.07) is 2.60. The van der Waals surface area contributed by atoms with Gasteiger partial charge in [-0.25, -0.2) is 0 Å². The van der Waals surface area contributed by atoms with Gasteiger partial charge in [0.25, 0.3) is 5.91 Å². The van der Waals surface area contributed by atoms with Crippen LogP contribution in [0.15, 0.2) is 15.2 Å². The summed E-state index contributed by atoms with van der Waals surface area (Å²) in [6.45, 7) is 5.91. The minimum Gasteiger partial charge on any atom is -0.336 e. The second kappa shape index (κ2) is 5.28. The van der Waals surface area contributed by atoms with Crippen molar-refractivity contribution in [3.05, 3.63) is 20.8 Å². The Kier molecular flexibility index (Phi) is 3.70. The molecule has 1 aromatic rings. The smallest absolute Gasteiger partial charge is 0.254 e. The first-order valence-electron chi connectivity index (χ1n) is 6.22. The van der Waals surface area contributed by atoms with E-state index in [0.29, 0.717) is 6.04 Å². The molecule has 1 N–H and O–H groups in total. The van der Waals surface area contributed by atoms with E-state index in [1.54, 1.807) is 11.3 Å². The fourth-order valence-electron chi connectivity index (χ4n) is 2.43. The molecule has 3 heterocycles. The van der Waals surface area contributed by atoms with Crippen molar-refractivity contribution in [3.8, 4) is 0 Å².